The number of hydrogen-bond acceptors (Lipinski definition) is 7. The Hall–Kier alpha value is -4.03. The molecule has 0 unspecified atom stereocenters. The van der Waals surface area contributed by atoms with Crippen LogP contribution in [0.2, 0.25) is 0 Å². The van der Waals surface area contributed by atoms with Gasteiger partial charge in [0.1, 0.15) is 5.75 Å². The molecule has 0 bridgehead atoms. The molecule has 2 amide bonds. The number of rotatable bonds is 11. The van der Waals surface area contributed by atoms with E-state index in [2.05, 4.69) is 35.9 Å². The second kappa shape index (κ2) is 12.5. The van der Waals surface area contributed by atoms with Crippen molar-refractivity contribution in [3.63, 3.8) is 0 Å². The number of aryl methyl sites for hydroxylation is 2. The number of benzene rings is 1. The van der Waals surface area contributed by atoms with E-state index in [1.165, 1.54) is 12.1 Å². The van der Waals surface area contributed by atoms with Gasteiger partial charge < -0.3 is 15.4 Å². The van der Waals surface area contributed by atoms with Gasteiger partial charge in [-0.2, -0.15) is 5.10 Å². The zero-order chi connectivity index (χ0) is 27.8. The molecule has 0 atom stereocenters. The molecule has 0 aliphatic rings. The first-order valence-corrected chi connectivity index (χ1v) is 12.0. The number of unbranched alkanes of at least 4 members (excludes halogenated alkanes) is 1. The van der Waals surface area contributed by atoms with Crippen LogP contribution in [-0.4, -0.2) is 49.9 Å². The molecule has 3 aromatic rings. The van der Waals surface area contributed by atoms with Gasteiger partial charge in [0.05, 0.1) is 18.3 Å². The molecular formula is C25H30F3N7O3. The predicted octanol–water partition coefficient (Wildman–Crippen LogP) is 3.95. The number of halogens is 3. The third-order valence-corrected chi connectivity index (χ3v) is 5.10. The summed E-state index contributed by atoms with van der Waals surface area (Å²) >= 11 is 0. The Balaban J connectivity index is 1.39. The monoisotopic (exact) mass is 533 g/mol. The van der Waals surface area contributed by atoms with E-state index in [-0.39, 0.29) is 29.3 Å². The van der Waals surface area contributed by atoms with Crippen molar-refractivity contribution in [1.82, 2.24) is 30.5 Å². The van der Waals surface area contributed by atoms with Gasteiger partial charge in [-0.3, -0.25) is 14.3 Å². The lowest BCUT2D eigenvalue weighted by atomic mass is 9.97. The largest absolute Gasteiger partial charge is 0.573 e. The molecule has 3 rings (SSSR count). The van der Waals surface area contributed by atoms with E-state index >= 15 is 0 Å². The van der Waals surface area contributed by atoms with Crippen LogP contribution in [0.1, 0.15) is 55.4 Å². The van der Waals surface area contributed by atoms with Crippen molar-refractivity contribution >= 4 is 17.6 Å². The first-order chi connectivity index (χ1) is 17.9. The average molecular weight is 534 g/mol. The Morgan fingerprint density at radius 2 is 1.82 bits per heavy atom. The summed E-state index contributed by atoms with van der Waals surface area (Å²) in [6.07, 6.45) is -1.11. The summed E-state index contributed by atoms with van der Waals surface area (Å²) in [7, 11) is 0. The van der Waals surface area contributed by atoms with Gasteiger partial charge in [-0.1, -0.05) is 38.1 Å². The Labute approximate surface area is 218 Å². The number of aromatic nitrogens is 5. The van der Waals surface area contributed by atoms with Crippen LogP contribution in [0.3, 0.4) is 0 Å². The van der Waals surface area contributed by atoms with Gasteiger partial charge in [0.25, 0.3) is 5.91 Å². The van der Waals surface area contributed by atoms with Crippen LogP contribution in [0.5, 0.6) is 5.75 Å². The van der Waals surface area contributed by atoms with Crippen molar-refractivity contribution in [3.8, 4) is 5.75 Å². The highest BCUT2D eigenvalue weighted by Crippen LogP contribution is 2.23. The Morgan fingerprint density at radius 1 is 1.03 bits per heavy atom. The third-order valence-electron chi connectivity index (χ3n) is 5.10. The first-order valence-electron chi connectivity index (χ1n) is 12.0. The van der Waals surface area contributed by atoms with Crippen molar-refractivity contribution in [2.45, 2.75) is 59.4 Å². The van der Waals surface area contributed by atoms with E-state index in [1.54, 1.807) is 23.0 Å². The molecule has 0 aliphatic carbocycles. The predicted molar refractivity (Wildman–Crippen MR) is 132 cm³/mol. The van der Waals surface area contributed by atoms with Gasteiger partial charge >= 0.3 is 6.36 Å². The molecule has 1 aromatic carbocycles. The minimum absolute atomic E-state index is 0.0247. The minimum Gasteiger partial charge on any atom is -0.406 e. The Morgan fingerprint density at radius 3 is 2.50 bits per heavy atom. The number of nitrogens with one attached hydrogen (secondary N) is 2. The fraction of sp³-hybridized carbons (Fsp3) is 0.440. The lowest BCUT2D eigenvalue weighted by molar-refractivity contribution is -0.274. The number of nitrogens with zero attached hydrogens (tertiary/aromatic N) is 5. The van der Waals surface area contributed by atoms with E-state index in [4.69, 9.17) is 0 Å². The van der Waals surface area contributed by atoms with Crippen LogP contribution in [0.25, 0.3) is 0 Å². The third kappa shape index (κ3) is 10.1. The second-order valence-corrected chi connectivity index (χ2v) is 9.90. The number of alkyl halides is 3. The molecule has 0 saturated carbocycles. The van der Waals surface area contributed by atoms with Crippen LogP contribution in [0.4, 0.5) is 19.0 Å². The summed E-state index contributed by atoms with van der Waals surface area (Å²) in [5.74, 6) is -0.854. The summed E-state index contributed by atoms with van der Waals surface area (Å²) in [6.45, 7) is 7.22. The van der Waals surface area contributed by atoms with E-state index < -0.39 is 18.0 Å². The van der Waals surface area contributed by atoms with Crippen LogP contribution >= 0.6 is 0 Å². The lowest BCUT2D eigenvalue weighted by Crippen LogP contribution is -2.32. The second-order valence-electron chi connectivity index (χ2n) is 9.90. The summed E-state index contributed by atoms with van der Waals surface area (Å²) < 4.78 is 42.6. The zero-order valence-electron chi connectivity index (χ0n) is 21.4. The van der Waals surface area contributed by atoms with Gasteiger partial charge in [0, 0.05) is 13.1 Å². The van der Waals surface area contributed by atoms with Gasteiger partial charge in [0.2, 0.25) is 5.91 Å². The SMILES string of the molecule is CC(C)(C)CNC(=O)c1cn(CCCCc2ccc(NC(=O)Cc3cccc(OC(F)(F)F)c3)nn2)nn1. The first kappa shape index (κ1) is 28.5. The molecule has 38 heavy (non-hydrogen) atoms. The Kier molecular flexibility index (Phi) is 9.37. The molecule has 13 heteroatoms. The van der Waals surface area contributed by atoms with E-state index in [0.717, 1.165) is 30.7 Å². The maximum Gasteiger partial charge on any atom is 0.573 e. The van der Waals surface area contributed by atoms with Crippen LogP contribution in [0.15, 0.2) is 42.6 Å². The topological polar surface area (TPSA) is 124 Å². The van der Waals surface area contributed by atoms with Crippen molar-refractivity contribution in [2.75, 3.05) is 11.9 Å². The summed E-state index contributed by atoms with van der Waals surface area (Å²) in [6, 6.07) is 8.58. The van der Waals surface area contributed by atoms with Crippen molar-refractivity contribution < 1.29 is 27.5 Å². The lowest BCUT2D eigenvalue weighted by Gasteiger charge is -2.17. The van der Waals surface area contributed by atoms with Gasteiger partial charge in [-0.15, -0.1) is 23.4 Å². The van der Waals surface area contributed by atoms with Crippen molar-refractivity contribution in [3.05, 3.63) is 59.5 Å². The van der Waals surface area contributed by atoms with Crippen LogP contribution in [-0.2, 0) is 24.2 Å². The standard InChI is InChI=1S/C25H30F3N7O3/c1-24(2,3)16-29-23(37)20-15-35(34-32-20)12-5-4-8-18-10-11-21(33-31-18)30-22(36)14-17-7-6-9-19(13-17)38-25(26,27)28/h6-7,9-11,13,15H,4-5,8,12,14,16H2,1-3H3,(H,29,37)(H,30,33,36). The molecule has 2 N–H and O–H groups in total. The van der Waals surface area contributed by atoms with Crippen LogP contribution in [0, 0.1) is 5.41 Å². The molecule has 2 aromatic heterocycles. The highest BCUT2D eigenvalue weighted by atomic mass is 19.4. The average Bonchev–Trinajstić information content (AvgIpc) is 3.29. The summed E-state index contributed by atoms with van der Waals surface area (Å²) in [5.41, 5.74) is 1.35. The van der Waals surface area contributed by atoms with Gasteiger partial charge in [0.15, 0.2) is 11.5 Å². The van der Waals surface area contributed by atoms with E-state index in [0.29, 0.717) is 25.1 Å². The summed E-state index contributed by atoms with van der Waals surface area (Å²) in [4.78, 5) is 24.4. The van der Waals surface area contributed by atoms with Gasteiger partial charge in [-0.05, 0) is 54.5 Å². The molecule has 2 heterocycles. The molecule has 204 valence electrons. The summed E-state index contributed by atoms with van der Waals surface area (Å²) in [5, 5.41) is 21.4. The van der Waals surface area contributed by atoms with Crippen molar-refractivity contribution in [2.24, 2.45) is 5.41 Å². The quantitative estimate of drug-likeness (QED) is 0.358. The smallest absolute Gasteiger partial charge is 0.406 e. The number of carbonyl (C=O) groups is 2. The fourth-order valence-electron chi connectivity index (χ4n) is 3.31. The molecule has 0 fully saturated rings. The number of ether oxygens (including phenoxy) is 1. The highest BCUT2D eigenvalue weighted by molar-refractivity contribution is 5.92. The van der Waals surface area contributed by atoms with Crippen LogP contribution < -0.4 is 15.4 Å². The minimum atomic E-state index is -4.80. The zero-order valence-corrected chi connectivity index (χ0v) is 21.4. The Bertz CT molecular complexity index is 1220. The number of carbonyl (C=O) groups excluding carboxylic acids is 2. The number of anilines is 1. The van der Waals surface area contributed by atoms with Gasteiger partial charge in [-0.25, -0.2) is 0 Å². The highest BCUT2D eigenvalue weighted by Gasteiger charge is 2.31. The molecule has 0 aliphatic heterocycles. The number of amides is 2. The van der Waals surface area contributed by atoms with E-state index in [1.807, 2.05) is 20.8 Å². The van der Waals surface area contributed by atoms with E-state index in [9.17, 15) is 22.8 Å². The fourth-order valence-corrected chi connectivity index (χ4v) is 3.31. The normalized spacial score (nSPS) is 11.7. The van der Waals surface area contributed by atoms with Crippen molar-refractivity contribution in [1.29, 1.82) is 0 Å². The molecule has 0 spiro atoms. The molecule has 10 nitrogen and oxygen atoms in total. The molecular weight excluding hydrogens is 503 g/mol. The number of hydrogen-bond donors (Lipinski definition) is 2. The maximum absolute atomic E-state index is 12.4. The maximum atomic E-state index is 12.4. The molecule has 0 radical (unpaired) electrons. The molecule has 0 saturated heterocycles.